The molecule has 1 unspecified atom stereocenters. The van der Waals surface area contributed by atoms with Crippen molar-refractivity contribution in [1.29, 1.82) is 0 Å². The summed E-state index contributed by atoms with van der Waals surface area (Å²) in [4.78, 5) is 9.45. The Bertz CT molecular complexity index is 1300. The minimum atomic E-state index is -4.46. The summed E-state index contributed by atoms with van der Waals surface area (Å²) in [5, 5.41) is 7.64. The maximum Gasteiger partial charge on any atom is 0.416 e. The molecule has 2 aromatic carbocycles. The first-order chi connectivity index (χ1) is 16.2. The molecule has 186 valence electrons. The summed E-state index contributed by atoms with van der Waals surface area (Å²) in [6.07, 6.45) is 1.86. The van der Waals surface area contributed by atoms with Crippen molar-refractivity contribution < 1.29 is 13.2 Å². The smallest absolute Gasteiger partial charge is 0.399 e. The molecule has 1 aliphatic heterocycles. The molecule has 2 aliphatic rings. The number of rotatable bonds is 4. The Hall–Kier alpha value is -2.84. The molecule has 0 radical (unpaired) electrons. The number of hydrogen-bond donors (Lipinski definition) is 3. The molecular formula is C26H29ClF3N5. The van der Waals surface area contributed by atoms with Gasteiger partial charge >= 0.3 is 6.18 Å². The van der Waals surface area contributed by atoms with Crippen LogP contribution in [0.5, 0.6) is 0 Å². The van der Waals surface area contributed by atoms with Crippen molar-refractivity contribution >= 4 is 40.4 Å². The zero-order valence-corrected chi connectivity index (χ0v) is 20.5. The number of aromatic nitrogens is 2. The molecule has 1 atom stereocenters. The molecule has 5 nitrogen and oxygen atoms in total. The summed E-state index contributed by atoms with van der Waals surface area (Å²) < 4.78 is 40.0. The Morgan fingerprint density at radius 1 is 1.06 bits per heavy atom. The summed E-state index contributed by atoms with van der Waals surface area (Å²) in [5.74, 6) is 1.27. The van der Waals surface area contributed by atoms with Crippen LogP contribution in [0.25, 0.3) is 16.5 Å². The van der Waals surface area contributed by atoms with Crippen molar-refractivity contribution in [2.24, 2.45) is 0 Å². The van der Waals surface area contributed by atoms with Gasteiger partial charge in [-0.05, 0) is 98.2 Å². The molecule has 2 heterocycles. The Morgan fingerprint density at radius 3 is 2.54 bits per heavy atom. The Morgan fingerprint density at radius 2 is 1.83 bits per heavy atom. The number of benzene rings is 2. The molecule has 0 saturated heterocycles. The van der Waals surface area contributed by atoms with Crippen LogP contribution >= 0.6 is 12.4 Å². The van der Waals surface area contributed by atoms with Crippen LogP contribution in [-0.4, -0.2) is 23.1 Å². The normalized spacial score (nSPS) is 16.4. The quantitative estimate of drug-likeness (QED) is 0.381. The fourth-order valence-electron chi connectivity index (χ4n) is 5.12. The summed E-state index contributed by atoms with van der Waals surface area (Å²) in [6, 6.07) is 5.42. The lowest BCUT2D eigenvalue weighted by atomic mass is 9.91. The lowest BCUT2D eigenvalue weighted by molar-refractivity contribution is -0.137. The van der Waals surface area contributed by atoms with Crippen LogP contribution in [0.15, 0.2) is 30.3 Å². The maximum atomic E-state index is 13.3. The number of halogens is 4. The second-order valence-corrected chi connectivity index (χ2v) is 9.19. The van der Waals surface area contributed by atoms with E-state index in [0.29, 0.717) is 17.2 Å². The van der Waals surface area contributed by atoms with Crippen molar-refractivity contribution in [3.05, 3.63) is 64.0 Å². The van der Waals surface area contributed by atoms with Gasteiger partial charge in [-0.25, -0.2) is 9.97 Å². The van der Waals surface area contributed by atoms with Crippen LogP contribution in [0, 0.1) is 6.92 Å². The number of fused-ring (bicyclic) bond motifs is 3. The van der Waals surface area contributed by atoms with Crippen LogP contribution in [0.3, 0.4) is 0 Å². The molecule has 5 rings (SSSR count). The molecule has 0 spiro atoms. The predicted molar refractivity (Wildman–Crippen MR) is 137 cm³/mol. The lowest BCUT2D eigenvalue weighted by Gasteiger charge is -2.22. The molecule has 35 heavy (non-hydrogen) atoms. The topological polar surface area (TPSA) is 75.9 Å². The summed E-state index contributed by atoms with van der Waals surface area (Å²) >= 11 is 0. The number of aryl methyl sites for hydroxylation is 2. The van der Waals surface area contributed by atoms with E-state index in [2.05, 4.69) is 27.8 Å². The van der Waals surface area contributed by atoms with E-state index in [1.54, 1.807) is 6.07 Å². The number of anilines is 2. The van der Waals surface area contributed by atoms with Crippen molar-refractivity contribution in [3.63, 3.8) is 0 Å². The van der Waals surface area contributed by atoms with E-state index in [0.717, 1.165) is 61.8 Å². The lowest BCUT2D eigenvalue weighted by Crippen LogP contribution is -2.20. The van der Waals surface area contributed by atoms with Crippen LogP contribution in [-0.2, 0) is 19.0 Å². The van der Waals surface area contributed by atoms with Crippen LogP contribution in [0.1, 0.15) is 59.4 Å². The molecule has 3 aromatic rings. The van der Waals surface area contributed by atoms with Gasteiger partial charge in [0, 0.05) is 17.6 Å². The molecular weight excluding hydrogens is 475 g/mol. The van der Waals surface area contributed by atoms with Gasteiger partial charge in [0.1, 0.15) is 11.6 Å². The molecule has 1 aromatic heterocycles. The Labute approximate surface area is 208 Å². The summed E-state index contributed by atoms with van der Waals surface area (Å²) in [6.45, 7) is 5.47. The fourth-order valence-corrected chi connectivity index (χ4v) is 5.12. The van der Waals surface area contributed by atoms with Crippen molar-refractivity contribution in [1.82, 2.24) is 15.3 Å². The van der Waals surface area contributed by atoms with Crippen LogP contribution in [0.2, 0.25) is 0 Å². The number of hydrogen-bond acceptors (Lipinski definition) is 5. The van der Waals surface area contributed by atoms with E-state index in [1.807, 2.05) is 13.8 Å². The molecule has 0 bridgehead atoms. The number of nitrogen functional groups attached to an aromatic ring is 1. The number of nitrogens with one attached hydrogen (secondary N) is 2. The van der Waals surface area contributed by atoms with Gasteiger partial charge in [-0.1, -0.05) is 6.08 Å². The first kappa shape index (κ1) is 25.3. The Balaban J connectivity index is 0.00000289. The fraction of sp³-hybridized carbons (Fsp3) is 0.385. The van der Waals surface area contributed by atoms with Gasteiger partial charge in [0.25, 0.3) is 0 Å². The zero-order valence-electron chi connectivity index (χ0n) is 19.7. The number of nitrogens with zero attached hydrogens (tertiary/aromatic N) is 2. The minimum absolute atomic E-state index is 0. The predicted octanol–water partition coefficient (Wildman–Crippen LogP) is 6.00. The third kappa shape index (κ3) is 4.95. The average Bonchev–Trinajstić information content (AvgIpc) is 3.28. The molecule has 0 fully saturated rings. The van der Waals surface area contributed by atoms with Gasteiger partial charge in [0.15, 0.2) is 0 Å². The number of alkyl halides is 3. The monoisotopic (exact) mass is 503 g/mol. The van der Waals surface area contributed by atoms with Crippen molar-refractivity contribution in [2.45, 2.75) is 51.7 Å². The third-order valence-electron chi connectivity index (χ3n) is 6.74. The van der Waals surface area contributed by atoms with Crippen molar-refractivity contribution in [2.75, 3.05) is 24.1 Å². The maximum absolute atomic E-state index is 13.3. The molecule has 1 aliphatic carbocycles. The van der Waals surface area contributed by atoms with E-state index in [9.17, 15) is 13.2 Å². The molecule has 9 heteroatoms. The summed E-state index contributed by atoms with van der Waals surface area (Å²) in [7, 11) is 0. The first-order valence-corrected chi connectivity index (χ1v) is 11.7. The summed E-state index contributed by atoms with van der Waals surface area (Å²) in [5.41, 5.74) is 11.8. The van der Waals surface area contributed by atoms with E-state index in [1.165, 1.54) is 22.3 Å². The standard InChI is InChI=1S/C26H28F3N5.ClH/c1-14(17-10-18(26(27,28)29)12-19(30)11-17)32-25-23-13-22(16-6-8-31-9-7-16)20-4-3-5-21(20)24(23)33-15(2)34-25;/h6,10-14,31H,3-5,7-9,30H2,1-2H3,(H,32,33,34);1H. The minimum Gasteiger partial charge on any atom is -0.399 e. The van der Waals surface area contributed by atoms with E-state index in [4.69, 9.17) is 10.7 Å². The highest BCUT2D eigenvalue weighted by atomic mass is 35.5. The first-order valence-electron chi connectivity index (χ1n) is 11.7. The largest absolute Gasteiger partial charge is 0.416 e. The molecule has 0 amide bonds. The van der Waals surface area contributed by atoms with Gasteiger partial charge in [0.2, 0.25) is 0 Å². The molecule has 4 N–H and O–H groups in total. The van der Waals surface area contributed by atoms with Crippen LogP contribution < -0.4 is 16.4 Å². The molecule has 0 saturated carbocycles. The highest BCUT2D eigenvalue weighted by Crippen LogP contribution is 2.39. The highest BCUT2D eigenvalue weighted by Gasteiger charge is 2.31. The van der Waals surface area contributed by atoms with E-state index < -0.39 is 17.8 Å². The van der Waals surface area contributed by atoms with E-state index in [-0.39, 0.29) is 18.1 Å². The zero-order chi connectivity index (χ0) is 24.0. The van der Waals surface area contributed by atoms with Crippen LogP contribution in [0.4, 0.5) is 24.7 Å². The van der Waals surface area contributed by atoms with Crippen molar-refractivity contribution in [3.8, 4) is 0 Å². The average molecular weight is 504 g/mol. The highest BCUT2D eigenvalue weighted by molar-refractivity contribution is 5.96. The van der Waals surface area contributed by atoms with Gasteiger partial charge in [0.05, 0.1) is 17.1 Å². The second kappa shape index (κ2) is 9.66. The van der Waals surface area contributed by atoms with Gasteiger partial charge in [-0.3, -0.25) is 0 Å². The second-order valence-electron chi connectivity index (χ2n) is 9.19. The SMILES string of the molecule is Cc1nc(NC(C)c2cc(N)cc(C(F)(F)F)c2)c2cc(C3=CCNCC3)c3c(c2n1)CCC3.Cl. The third-order valence-corrected chi connectivity index (χ3v) is 6.74. The van der Waals surface area contributed by atoms with Gasteiger partial charge in [-0.2, -0.15) is 13.2 Å². The van der Waals surface area contributed by atoms with E-state index >= 15 is 0 Å². The number of nitrogens with two attached hydrogens (primary N) is 1. The van der Waals surface area contributed by atoms with Gasteiger partial charge < -0.3 is 16.4 Å². The Kier molecular flexibility index (Phi) is 6.97. The van der Waals surface area contributed by atoms with Gasteiger partial charge in [-0.15, -0.1) is 12.4 Å².